The van der Waals surface area contributed by atoms with Crippen molar-refractivity contribution in [2.24, 2.45) is 5.73 Å². The molecule has 17 heavy (non-hydrogen) atoms. The average molecular weight is 239 g/mol. The fourth-order valence-electron chi connectivity index (χ4n) is 1.17. The van der Waals surface area contributed by atoms with E-state index in [0.29, 0.717) is 11.8 Å². The van der Waals surface area contributed by atoms with E-state index in [0.717, 1.165) is 6.92 Å². The van der Waals surface area contributed by atoms with Crippen LogP contribution in [0.15, 0.2) is 24.3 Å². The van der Waals surface area contributed by atoms with E-state index in [1.165, 1.54) is 24.3 Å². The number of nitrogens with two attached hydrogens (primary N) is 1. The molecule has 0 spiro atoms. The van der Waals surface area contributed by atoms with Crippen LogP contribution in [0.3, 0.4) is 0 Å². The molecule has 6 nitrogen and oxygen atoms in total. The molecule has 0 saturated carbocycles. The van der Waals surface area contributed by atoms with Crippen LogP contribution in [0.4, 0.5) is 0 Å². The Balaban J connectivity index is 2.82. The highest BCUT2D eigenvalue weighted by Crippen LogP contribution is 2.19. The van der Waals surface area contributed by atoms with Crippen LogP contribution in [-0.2, 0) is 4.79 Å². The molecule has 0 aliphatic carbocycles. The molecular formula is C11H13NO5. The molecule has 1 aromatic rings. The smallest absolute Gasteiger partial charge is 0.253 e. The maximum atomic E-state index is 10.7. The number of rotatable bonds is 5. The number of aliphatic hydroxyl groups is 2. The van der Waals surface area contributed by atoms with E-state index in [4.69, 9.17) is 10.5 Å². The lowest BCUT2D eigenvalue weighted by atomic mass is 10.1. The molecule has 0 radical (unpaired) electrons. The molecule has 6 heteroatoms. The summed E-state index contributed by atoms with van der Waals surface area (Å²) in [6, 6.07) is 5.78. The minimum absolute atomic E-state index is 0.195. The number of carbonyl (C=O) groups excluding carboxylic acids is 2. The van der Waals surface area contributed by atoms with Crippen molar-refractivity contribution in [2.45, 2.75) is 18.8 Å². The van der Waals surface area contributed by atoms with E-state index in [1.807, 2.05) is 0 Å². The Hall–Kier alpha value is -1.92. The van der Waals surface area contributed by atoms with Crippen molar-refractivity contribution >= 4 is 12.2 Å². The van der Waals surface area contributed by atoms with E-state index < -0.39 is 17.8 Å². The SMILES string of the molecule is CC(O)(Oc1ccc(C=O)cc1)C(O)C(N)=O. The Bertz CT molecular complexity index is 412. The second-order valence-electron chi connectivity index (χ2n) is 3.65. The van der Waals surface area contributed by atoms with Gasteiger partial charge in [-0.1, -0.05) is 0 Å². The van der Waals surface area contributed by atoms with Crippen molar-refractivity contribution in [3.63, 3.8) is 0 Å². The fraction of sp³-hybridized carbons (Fsp3) is 0.273. The van der Waals surface area contributed by atoms with E-state index in [2.05, 4.69) is 0 Å². The van der Waals surface area contributed by atoms with Crippen molar-refractivity contribution in [1.29, 1.82) is 0 Å². The van der Waals surface area contributed by atoms with Crippen LogP contribution in [0, 0.1) is 0 Å². The molecule has 2 atom stereocenters. The van der Waals surface area contributed by atoms with E-state index in [1.54, 1.807) is 0 Å². The predicted octanol–water partition coefficient (Wildman–Crippen LogP) is -0.567. The summed E-state index contributed by atoms with van der Waals surface area (Å²) in [6.07, 6.45) is -1.20. The molecule has 92 valence electrons. The first-order valence-electron chi connectivity index (χ1n) is 4.81. The quantitative estimate of drug-likeness (QED) is 0.471. The number of aliphatic hydroxyl groups excluding tert-OH is 1. The number of primary amides is 1. The summed E-state index contributed by atoms with van der Waals surface area (Å²) in [6.45, 7) is 1.11. The topological polar surface area (TPSA) is 110 Å². The molecular weight excluding hydrogens is 226 g/mol. The number of hydrogen-bond acceptors (Lipinski definition) is 5. The van der Waals surface area contributed by atoms with Crippen LogP contribution < -0.4 is 10.5 Å². The second-order valence-corrected chi connectivity index (χ2v) is 3.65. The van der Waals surface area contributed by atoms with Crippen LogP contribution in [-0.4, -0.2) is 34.3 Å². The van der Waals surface area contributed by atoms with Gasteiger partial charge in [-0.05, 0) is 24.3 Å². The summed E-state index contributed by atoms with van der Waals surface area (Å²) in [7, 11) is 0. The molecule has 0 fully saturated rings. The number of ether oxygens (including phenoxy) is 1. The number of carbonyl (C=O) groups is 2. The Labute approximate surface area is 97.6 Å². The summed E-state index contributed by atoms with van der Waals surface area (Å²) >= 11 is 0. The lowest BCUT2D eigenvalue weighted by Gasteiger charge is -2.27. The van der Waals surface area contributed by atoms with Gasteiger partial charge in [0.05, 0.1) is 0 Å². The second kappa shape index (κ2) is 4.94. The standard InChI is InChI=1S/C11H13NO5/c1-11(16,9(14)10(12)15)17-8-4-2-7(6-13)3-5-8/h2-6,9,14,16H,1H3,(H2,12,15). The lowest BCUT2D eigenvalue weighted by molar-refractivity contribution is -0.194. The van der Waals surface area contributed by atoms with Gasteiger partial charge in [0, 0.05) is 12.5 Å². The minimum atomic E-state index is -2.13. The number of hydrogen-bond donors (Lipinski definition) is 3. The lowest BCUT2D eigenvalue weighted by Crippen LogP contribution is -2.51. The maximum absolute atomic E-state index is 10.7. The molecule has 0 aromatic heterocycles. The van der Waals surface area contributed by atoms with Crippen LogP contribution >= 0.6 is 0 Å². The van der Waals surface area contributed by atoms with Crippen molar-refractivity contribution in [1.82, 2.24) is 0 Å². The molecule has 4 N–H and O–H groups in total. The predicted molar refractivity (Wildman–Crippen MR) is 58.3 cm³/mol. The maximum Gasteiger partial charge on any atom is 0.253 e. The van der Waals surface area contributed by atoms with Crippen LogP contribution in [0.1, 0.15) is 17.3 Å². The molecule has 0 aliphatic heterocycles. The number of aldehydes is 1. The van der Waals surface area contributed by atoms with Gasteiger partial charge in [0.1, 0.15) is 12.0 Å². The highest BCUT2D eigenvalue weighted by Gasteiger charge is 2.37. The van der Waals surface area contributed by atoms with Gasteiger partial charge in [-0.2, -0.15) is 0 Å². The minimum Gasteiger partial charge on any atom is -0.459 e. The highest BCUT2D eigenvalue weighted by atomic mass is 16.6. The highest BCUT2D eigenvalue weighted by molar-refractivity contribution is 5.79. The summed E-state index contributed by atoms with van der Waals surface area (Å²) in [5.41, 5.74) is 5.28. The Morgan fingerprint density at radius 2 is 2.00 bits per heavy atom. The van der Waals surface area contributed by atoms with Crippen LogP contribution in [0.5, 0.6) is 5.75 Å². The Morgan fingerprint density at radius 3 is 2.41 bits per heavy atom. The molecule has 1 amide bonds. The Kier molecular flexibility index (Phi) is 3.82. The third-order valence-corrected chi connectivity index (χ3v) is 2.12. The fourth-order valence-corrected chi connectivity index (χ4v) is 1.17. The van der Waals surface area contributed by atoms with Gasteiger partial charge in [0.25, 0.3) is 5.91 Å². The van der Waals surface area contributed by atoms with Crippen molar-refractivity contribution in [2.75, 3.05) is 0 Å². The van der Waals surface area contributed by atoms with Gasteiger partial charge in [0.15, 0.2) is 6.10 Å². The van der Waals surface area contributed by atoms with Gasteiger partial charge in [0.2, 0.25) is 5.79 Å². The number of amides is 1. The molecule has 0 heterocycles. The zero-order chi connectivity index (χ0) is 13.1. The average Bonchev–Trinajstić information content (AvgIpc) is 2.28. The third-order valence-electron chi connectivity index (χ3n) is 2.12. The zero-order valence-corrected chi connectivity index (χ0v) is 9.16. The van der Waals surface area contributed by atoms with E-state index in [9.17, 15) is 19.8 Å². The Morgan fingerprint density at radius 1 is 1.47 bits per heavy atom. The molecule has 0 saturated heterocycles. The monoisotopic (exact) mass is 239 g/mol. The normalized spacial score (nSPS) is 15.7. The van der Waals surface area contributed by atoms with E-state index in [-0.39, 0.29) is 5.75 Å². The van der Waals surface area contributed by atoms with Gasteiger partial charge in [-0.3, -0.25) is 9.59 Å². The molecule has 2 unspecified atom stereocenters. The van der Waals surface area contributed by atoms with Gasteiger partial charge in [-0.25, -0.2) is 0 Å². The van der Waals surface area contributed by atoms with Crippen LogP contribution in [0.25, 0.3) is 0 Å². The first-order valence-corrected chi connectivity index (χ1v) is 4.81. The molecule has 0 aliphatic rings. The van der Waals surface area contributed by atoms with Gasteiger partial charge >= 0.3 is 0 Å². The molecule has 1 rings (SSSR count). The van der Waals surface area contributed by atoms with Gasteiger partial charge < -0.3 is 20.7 Å². The summed E-state index contributed by atoms with van der Waals surface area (Å²) in [4.78, 5) is 21.1. The summed E-state index contributed by atoms with van der Waals surface area (Å²) in [5, 5.41) is 19.0. The largest absolute Gasteiger partial charge is 0.459 e. The molecule has 1 aromatic carbocycles. The first-order chi connectivity index (χ1) is 7.86. The van der Waals surface area contributed by atoms with Crippen LogP contribution in [0.2, 0.25) is 0 Å². The third kappa shape index (κ3) is 3.27. The van der Waals surface area contributed by atoms with Crippen molar-refractivity contribution in [3.8, 4) is 5.75 Å². The van der Waals surface area contributed by atoms with Gasteiger partial charge in [-0.15, -0.1) is 0 Å². The van der Waals surface area contributed by atoms with Crippen molar-refractivity contribution in [3.05, 3.63) is 29.8 Å². The van der Waals surface area contributed by atoms with E-state index >= 15 is 0 Å². The molecule has 0 bridgehead atoms. The summed E-state index contributed by atoms with van der Waals surface area (Å²) < 4.78 is 5.01. The summed E-state index contributed by atoms with van der Waals surface area (Å²) in [5.74, 6) is -3.03. The number of benzene rings is 1. The van der Waals surface area contributed by atoms with Crippen molar-refractivity contribution < 1.29 is 24.5 Å². The zero-order valence-electron chi connectivity index (χ0n) is 9.16. The first kappa shape index (κ1) is 13.1.